The van der Waals surface area contributed by atoms with Crippen molar-refractivity contribution in [3.05, 3.63) is 23.5 Å². The first-order valence-electron chi connectivity index (χ1n) is 7.49. The molecule has 3 heteroatoms. The highest BCUT2D eigenvalue weighted by atomic mass is 15.1. The van der Waals surface area contributed by atoms with E-state index in [0.29, 0.717) is 0 Å². The zero-order valence-corrected chi connectivity index (χ0v) is 11.3. The third-order valence-electron chi connectivity index (χ3n) is 4.45. The minimum absolute atomic E-state index is 0.286. The zero-order chi connectivity index (χ0) is 12.4. The Balaban J connectivity index is 1.53. The summed E-state index contributed by atoms with van der Waals surface area (Å²) in [5.74, 6) is 0. The van der Waals surface area contributed by atoms with Gasteiger partial charge >= 0.3 is 0 Å². The van der Waals surface area contributed by atoms with Crippen LogP contribution in [0.5, 0.6) is 0 Å². The molecule has 1 aliphatic carbocycles. The van der Waals surface area contributed by atoms with E-state index in [1.807, 2.05) is 0 Å². The highest BCUT2D eigenvalue weighted by Crippen LogP contribution is 2.28. The Labute approximate surface area is 110 Å². The fraction of sp³-hybridized carbons (Fsp3) is 0.733. The van der Waals surface area contributed by atoms with Crippen molar-refractivity contribution in [1.29, 1.82) is 0 Å². The quantitative estimate of drug-likeness (QED) is 0.886. The first-order valence-corrected chi connectivity index (χ1v) is 7.49. The van der Waals surface area contributed by atoms with Crippen LogP contribution in [0, 0.1) is 0 Å². The lowest BCUT2D eigenvalue weighted by Gasteiger charge is -2.17. The molecule has 3 nitrogen and oxygen atoms in total. The predicted molar refractivity (Wildman–Crippen MR) is 74.6 cm³/mol. The fourth-order valence-electron chi connectivity index (χ4n) is 3.40. The number of likely N-dealkylation sites (tertiary alicyclic amines) is 1. The first kappa shape index (κ1) is 12.2. The third-order valence-corrected chi connectivity index (χ3v) is 4.45. The van der Waals surface area contributed by atoms with E-state index in [2.05, 4.69) is 21.9 Å². The average Bonchev–Trinajstić information content (AvgIpc) is 2.98. The molecule has 1 fully saturated rings. The van der Waals surface area contributed by atoms with Gasteiger partial charge in [-0.3, -0.25) is 0 Å². The average molecular weight is 247 g/mol. The second kappa shape index (κ2) is 5.45. The van der Waals surface area contributed by atoms with Crippen molar-refractivity contribution in [2.45, 2.75) is 51.1 Å². The van der Waals surface area contributed by atoms with Crippen LogP contribution in [0.2, 0.25) is 0 Å². The Morgan fingerprint density at radius 3 is 2.72 bits per heavy atom. The van der Waals surface area contributed by atoms with Crippen LogP contribution in [0.4, 0.5) is 0 Å². The molecular weight excluding hydrogens is 222 g/mol. The molecule has 0 aromatic carbocycles. The van der Waals surface area contributed by atoms with Crippen LogP contribution < -0.4 is 5.73 Å². The fourth-order valence-corrected chi connectivity index (χ4v) is 3.40. The minimum Gasteiger partial charge on any atom is -0.354 e. The van der Waals surface area contributed by atoms with E-state index in [4.69, 9.17) is 5.73 Å². The molecule has 0 amide bonds. The van der Waals surface area contributed by atoms with Gasteiger partial charge in [-0.15, -0.1) is 0 Å². The van der Waals surface area contributed by atoms with Crippen LogP contribution in [0.1, 0.15) is 49.3 Å². The third kappa shape index (κ3) is 2.62. The number of fused-ring (bicyclic) bond motifs is 1. The molecule has 2 N–H and O–H groups in total. The number of aromatic nitrogens is 1. The highest BCUT2D eigenvalue weighted by Gasteiger charge is 2.18. The number of hydrogen-bond donors (Lipinski definition) is 1. The topological polar surface area (TPSA) is 34.2 Å². The van der Waals surface area contributed by atoms with Crippen molar-refractivity contribution >= 4 is 0 Å². The second-order valence-corrected chi connectivity index (χ2v) is 5.88. The van der Waals surface area contributed by atoms with Crippen LogP contribution in [-0.2, 0) is 13.0 Å². The van der Waals surface area contributed by atoms with Gasteiger partial charge in [0.05, 0.1) is 0 Å². The monoisotopic (exact) mass is 247 g/mol. The maximum atomic E-state index is 6.17. The van der Waals surface area contributed by atoms with E-state index < -0.39 is 0 Å². The van der Waals surface area contributed by atoms with Gasteiger partial charge in [0.25, 0.3) is 0 Å². The summed E-state index contributed by atoms with van der Waals surface area (Å²) in [4.78, 5) is 2.59. The molecule has 1 aromatic heterocycles. The van der Waals surface area contributed by atoms with Gasteiger partial charge in [0.2, 0.25) is 0 Å². The van der Waals surface area contributed by atoms with Gasteiger partial charge in [0, 0.05) is 25.0 Å². The van der Waals surface area contributed by atoms with Gasteiger partial charge in [0.1, 0.15) is 0 Å². The molecule has 2 aliphatic rings. The summed E-state index contributed by atoms with van der Waals surface area (Å²) in [7, 11) is 0. The van der Waals surface area contributed by atoms with Crippen molar-refractivity contribution in [3.8, 4) is 0 Å². The predicted octanol–water partition coefficient (Wildman–Crippen LogP) is 2.31. The second-order valence-electron chi connectivity index (χ2n) is 5.88. The van der Waals surface area contributed by atoms with Gasteiger partial charge < -0.3 is 15.2 Å². The Hall–Kier alpha value is -0.800. The molecule has 1 aliphatic heterocycles. The zero-order valence-electron chi connectivity index (χ0n) is 11.3. The molecule has 0 saturated carbocycles. The SMILES string of the molecule is NC1CCCc2cn(CCCN3CCCC3)cc21. The molecule has 1 unspecified atom stereocenters. The number of nitrogens with zero attached hydrogens (tertiary/aromatic N) is 2. The Bertz CT molecular complexity index is 390. The van der Waals surface area contributed by atoms with Crippen LogP contribution in [-0.4, -0.2) is 29.1 Å². The van der Waals surface area contributed by atoms with Gasteiger partial charge in [-0.2, -0.15) is 0 Å². The maximum absolute atomic E-state index is 6.17. The molecule has 0 bridgehead atoms. The summed E-state index contributed by atoms with van der Waals surface area (Å²) in [5, 5.41) is 0. The van der Waals surface area contributed by atoms with Crippen LogP contribution in [0.15, 0.2) is 12.4 Å². The minimum atomic E-state index is 0.286. The number of aryl methyl sites for hydroxylation is 2. The normalized spacial score (nSPS) is 24.4. The highest BCUT2D eigenvalue weighted by molar-refractivity contribution is 5.29. The molecule has 3 rings (SSSR count). The summed E-state index contributed by atoms with van der Waals surface area (Å²) in [6.07, 6.45) is 12.3. The van der Waals surface area contributed by atoms with Gasteiger partial charge in [-0.25, -0.2) is 0 Å². The lowest BCUT2D eigenvalue weighted by Crippen LogP contribution is -2.21. The molecule has 100 valence electrons. The number of hydrogen-bond acceptors (Lipinski definition) is 2. The van der Waals surface area contributed by atoms with Crippen molar-refractivity contribution in [2.75, 3.05) is 19.6 Å². The van der Waals surface area contributed by atoms with Crippen molar-refractivity contribution < 1.29 is 0 Å². The smallest absolute Gasteiger partial charge is 0.0312 e. The summed E-state index contributed by atoms with van der Waals surface area (Å²) in [6, 6.07) is 0.286. The van der Waals surface area contributed by atoms with Gasteiger partial charge in [-0.05, 0) is 69.3 Å². The maximum Gasteiger partial charge on any atom is 0.0312 e. The van der Waals surface area contributed by atoms with Crippen molar-refractivity contribution in [3.63, 3.8) is 0 Å². The van der Waals surface area contributed by atoms with Crippen LogP contribution in [0.3, 0.4) is 0 Å². The van der Waals surface area contributed by atoms with E-state index in [0.717, 1.165) is 13.0 Å². The van der Waals surface area contributed by atoms with E-state index >= 15 is 0 Å². The van der Waals surface area contributed by atoms with Gasteiger partial charge in [0.15, 0.2) is 0 Å². The molecule has 18 heavy (non-hydrogen) atoms. The van der Waals surface area contributed by atoms with E-state index in [1.54, 1.807) is 0 Å². The van der Waals surface area contributed by atoms with Crippen molar-refractivity contribution in [2.24, 2.45) is 5.73 Å². The summed E-state index contributed by atoms with van der Waals surface area (Å²) in [6.45, 7) is 5.03. The van der Waals surface area contributed by atoms with Crippen molar-refractivity contribution in [1.82, 2.24) is 9.47 Å². The molecule has 2 heterocycles. The Morgan fingerprint density at radius 2 is 1.94 bits per heavy atom. The summed E-state index contributed by atoms with van der Waals surface area (Å²) < 4.78 is 2.37. The Kier molecular flexibility index (Phi) is 3.71. The van der Waals surface area contributed by atoms with E-state index in [9.17, 15) is 0 Å². The first-order chi connectivity index (χ1) is 8.83. The number of nitrogens with two attached hydrogens (primary N) is 1. The molecular formula is C15H25N3. The summed E-state index contributed by atoms with van der Waals surface area (Å²) >= 11 is 0. The molecule has 1 atom stereocenters. The van der Waals surface area contributed by atoms with Crippen LogP contribution >= 0.6 is 0 Å². The van der Waals surface area contributed by atoms with E-state index in [-0.39, 0.29) is 6.04 Å². The molecule has 0 spiro atoms. The Morgan fingerprint density at radius 1 is 1.11 bits per heavy atom. The van der Waals surface area contributed by atoms with Crippen LogP contribution in [0.25, 0.3) is 0 Å². The molecule has 1 saturated heterocycles. The largest absolute Gasteiger partial charge is 0.354 e. The van der Waals surface area contributed by atoms with E-state index in [1.165, 1.54) is 62.9 Å². The molecule has 1 aromatic rings. The van der Waals surface area contributed by atoms with Gasteiger partial charge in [-0.1, -0.05) is 0 Å². The number of rotatable bonds is 4. The standard InChI is InChI=1S/C15H25N3/c16-15-6-3-5-13-11-18(12-14(13)15)10-4-9-17-7-1-2-8-17/h11-12,15H,1-10,16H2. The lowest BCUT2D eigenvalue weighted by atomic mass is 9.92. The molecule has 0 radical (unpaired) electrons. The summed E-state index contributed by atoms with van der Waals surface area (Å²) in [5.41, 5.74) is 9.07. The lowest BCUT2D eigenvalue weighted by molar-refractivity contribution is 0.325.